The van der Waals surface area contributed by atoms with Gasteiger partial charge >= 0.3 is 0 Å². The molecule has 7 heteroatoms. The van der Waals surface area contributed by atoms with E-state index in [1.54, 1.807) is 6.07 Å². The number of methoxy groups -OCH3 is 1. The van der Waals surface area contributed by atoms with Crippen molar-refractivity contribution in [1.29, 1.82) is 0 Å². The Kier molecular flexibility index (Phi) is 6.04. The Balaban J connectivity index is 0.00000220. The maximum absolute atomic E-state index is 12.8. The monoisotopic (exact) mass is 334 g/mol. The molecule has 2 rings (SSSR count). The first-order valence-corrected chi connectivity index (χ1v) is 8.19. The van der Waals surface area contributed by atoms with Gasteiger partial charge < -0.3 is 10.1 Å². The summed E-state index contributed by atoms with van der Waals surface area (Å²) in [6.07, 6.45) is 0. The van der Waals surface area contributed by atoms with E-state index in [0.717, 1.165) is 11.1 Å². The van der Waals surface area contributed by atoms with Gasteiger partial charge in [-0.15, -0.1) is 12.4 Å². The number of halogens is 1. The van der Waals surface area contributed by atoms with Gasteiger partial charge in [-0.25, -0.2) is 8.42 Å². The Morgan fingerprint density at radius 3 is 2.57 bits per heavy atom. The molecule has 0 unspecified atom stereocenters. The van der Waals surface area contributed by atoms with E-state index < -0.39 is 10.0 Å². The summed E-state index contributed by atoms with van der Waals surface area (Å²) in [7, 11) is -2.00. The molecule has 0 aromatic heterocycles. The highest BCUT2D eigenvalue weighted by molar-refractivity contribution is 7.89. The SMILES string of the molecule is COc1c(C)cc(C)cc1S(=O)(=O)N1CCN[C@H](C)C1.Cl. The molecule has 0 radical (unpaired) electrons. The van der Waals surface area contributed by atoms with E-state index in [0.29, 0.717) is 25.4 Å². The number of hydrogen-bond acceptors (Lipinski definition) is 4. The van der Waals surface area contributed by atoms with Gasteiger partial charge in [0.05, 0.1) is 7.11 Å². The maximum atomic E-state index is 12.8. The third kappa shape index (κ3) is 3.69. The normalized spacial score (nSPS) is 19.9. The summed E-state index contributed by atoms with van der Waals surface area (Å²) in [5.41, 5.74) is 1.76. The number of rotatable bonds is 3. The Labute approximate surface area is 133 Å². The molecule has 1 aromatic rings. The number of piperazine rings is 1. The molecule has 1 atom stereocenters. The number of nitrogens with zero attached hydrogens (tertiary/aromatic N) is 1. The zero-order valence-electron chi connectivity index (χ0n) is 12.8. The van der Waals surface area contributed by atoms with Crippen molar-refractivity contribution >= 4 is 22.4 Å². The van der Waals surface area contributed by atoms with Gasteiger partial charge in [0, 0.05) is 25.7 Å². The van der Waals surface area contributed by atoms with Crippen molar-refractivity contribution in [2.24, 2.45) is 0 Å². The molecule has 0 spiro atoms. The van der Waals surface area contributed by atoms with Crippen molar-refractivity contribution < 1.29 is 13.2 Å². The fourth-order valence-corrected chi connectivity index (χ4v) is 4.47. The predicted octanol–water partition coefficient (Wildman–Crippen LogP) is 1.72. The van der Waals surface area contributed by atoms with Gasteiger partial charge in [-0.1, -0.05) is 6.07 Å². The summed E-state index contributed by atoms with van der Waals surface area (Å²) in [6, 6.07) is 3.78. The lowest BCUT2D eigenvalue weighted by Crippen LogP contribution is -2.51. The van der Waals surface area contributed by atoms with Crippen LogP contribution in [0.3, 0.4) is 0 Å². The largest absolute Gasteiger partial charge is 0.495 e. The summed E-state index contributed by atoms with van der Waals surface area (Å²) in [5.74, 6) is 0.446. The lowest BCUT2D eigenvalue weighted by atomic mass is 10.1. The molecule has 1 aliphatic rings. The molecule has 0 bridgehead atoms. The first-order valence-electron chi connectivity index (χ1n) is 6.75. The standard InChI is InChI=1S/C14H22N2O3S.ClH/c1-10-7-11(2)14(19-4)13(8-10)20(17,18)16-6-5-15-12(3)9-16;/h7-8,12,15H,5-6,9H2,1-4H3;1H/t12-;/m1./s1. The van der Waals surface area contributed by atoms with Gasteiger partial charge in [0.25, 0.3) is 0 Å². The Morgan fingerprint density at radius 2 is 2.00 bits per heavy atom. The number of hydrogen-bond donors (Lipinski definition) is 1. The van der Waals surface area contributed by atoms with E-state index >= 15 is 0 Å². The van der Waals surface area contributed by atoms with Gasteiger partial charge in [-0.05, 0) is 38.0 Å². The molecule has 0 aliphatic carbocycles. The van der Waals surface area contributed by atoms with Crippen LogP contribution in [0.5, 0.6) is 5.75 Å². The molecule has 1 fully saturated rings. The number of nitrogens with one attached hydrogen (secondary N) is 1. The van der Waals surface area contributed by atoms with Crippen LogP contribution in [-0.4, -0.2) is 45.5 Å². The molecular formula is C14H23ClN2O3S. The molecule has 1 saturated heterocycles. The highest BCUT2D eigenvalue weighted by Crippen LogP contribution is 2.31. The Hall–Kier alpha value is -0.820. The van der Waals surface area contributed by atoms with Gasteiger partial charge in [-0.2, -0.15) is 4.31 Å². The molecule has 1 aliphatic heterocycles. The van der Waals surface area contributed by atoms with Crippen LogP contribution in [0.15, 0.2) is 17.0 Å². The van der Waals surface area contributed by atoms with Crippen LogP contribution in [0.4, 0.5) is 0 Å². The van der Waals surface area contributed by atoms with Gasteiger partial charge in [0.15, 0.2) is 0 Å². The van der Waals surface area contributed by atoms with Crippen molar-refractivity contribution in [2.45, 2.75) is 31.7 Å². The van der Waals surface area contributed by atoms with Crippen molar-refractivity contribution in [2.75, 3.05) is 26.7 Å². The second kappa shape index (κ2) is 6.96. The average molecular weight is 335 g/mol. The molecular weight excluding hydrogens is 312 g/mol. The molecule has 1 aromatic carbocycles. The zero-order valence-corrected chi connectivity index (χ0v) is 14.5. The van der Waals surface area contributed by atoms with Crippen LogP contribution < -0.4 is 10.1 Å². The second-order valence-electron chi connectivity index (χ2n) is 5.33. The van der Waals surface area contributed by atoms with Crippen molar-refractivity contribution in [3.63, 3.8) is 0 Å². The second-order valence-corrected chi connectivity index (χ2v) is 7.24. The van der Waals surface area contributed by atoms with Crippen LogP contribution in [-0.2, 0) is 10.0 Å². The maximum Gasteiger partial charge on any atom is 0.246 e. The topological polar surface area (TPSA) is 58.6 Å². The van der Waals surface area contributed by atoms with Crippen LogP contribution in [0.1, 0.15) is 18.1 Å². The smallest absolute Gasteiger partial charge is 0.246 e. The predicted molar refractivity (Wildman–Crippen MR) is 85.9 cm³/mol. The van der Waals surface area contributed by atoms with Crippen molar-refractivity contribution in [3.8, 4) is 5.75 Å². The van der Waals surface area contributed by atoms with E-state index in [-0.39, 0.29) is 23.3 Å². The summed E-state index contributed by atoms with van der Waals surface area (Å²) in [5, 5.41) is 3.25. The van der Waals surface area contributed by atoms with Crippen LogP contribution >= 0.6 is 12.4 Å². The van der Waals surface area contributed by atoms with Gasteiger partial charge in [-0.3, -0.25) is 0 Å². The molecule has 5 nitrogen and oxygen atoms in total. The summed E-state index contributed by atoms with van der Waals surface area (Å²) < 4.78 is 32.5. The Morgan fingerprint density at radius 1 is 1.33 bits per heavy atom. The van der Waals surface area contributed by atoms with Gasteiger partial charge in [0.1, 0.15) is 10.6 Å². The third-order valence-corrected chi connectivity index (χ3v) is 5.41. The van der Waals surface area contributed by atoms with E-state index in [2.05, 4.69) is 5.32 Å². The molecule has 1 heterocycles. The highest BCUT2D eigenvalue weighted by Gasteiger charge is 2.31. The minimum absolute atomic E-state index is 0. The fourth-order valence-electron chi connectivity index (χ4n) is 2.62. The number of benzene rings is 1. The summed E-state index contributed by atoms with van der Waals surface area (Å²) in [4.78, 5) is 0.270. The highest BCUT2D eigenvalue weighted by atomic mass is 35.5. The minimum Gasteiger partial charge on any atom is -0.495 e. The molecule has 0 amide bonds. The summed E-state index contributed by atoms with van der Waals surface area (Å²) in [6.45, 7) is 7.40. The number of ether oxygens (including phenoxy) is 1. The Bertz CT molecular complexity index is 604. The van der Waals surface area contributed by atoms with Crippen LogP contribution in [0.2, 0.25) is 0 Å². The third-order valence-electron chi connectivity index (χ3n) is 3.54. The molecule has 1 N–H and O–H groups in total. The van der Waals surface area contributed by atoms with Crippen molar-refractivity contribution in [3.05, 3.63) is 23.3 Å². The zero-order chi connectivity index (χ0) is 14.9. The van der Waals surface area contributed by atoms with Crippen LogP contribution in [0.25, 0.3) is 0 Å². The molecule has 120 valence electrons. The first kappa shape index (κ1) is 18.2. The van der Waals surface area contributed by atoms with E-state index in [4.69, 9.17) is 4.74 Å². The fraction of sp³-hybridized carbons (Fsp3) is 0.571. The van der Waals surface area contributed by atoms with E-state index in [1.807, 2.05) is 26.8 Å². The molecule has 0 saturated carbocycles. The summed E-state index contributed by atoms with van der Waals surface area (Å²) >= 11 is 0. The average Bonchev–Trinajstić information content (AvgIpc) is 2.38. The first-order chi connectivity index (χ1) is 9.36. The lowest BCUT2D eigenvalue weighted by molar-refractivity contribution is 0.308. The van der Waals surface area contributed by atoms with Crippen LogP contribution in [0, 0.1) is 13.8 Å². The number of sulfonamides is 1. The quantitative estimate of drug-likeness (QED) is 0.914. The molecule has 21 heavy (non-hydrogen) atoms. The van der Waals surface area contributed by atoms with Crippen molar-refractivity contribution in [1.82, 2.24) is 9.62 Å². The van der Waals surface area contributed by atoms with E-state index in [1.165, 1.54) is 11.4 Å². The van der Waals surface area contributed by atoms with Gasteiger partial charge in [0.2, 0.25) is 10.0 Å². The minimum atomic E-state index is -3.51. The number of aryl methyl sites for hydroxylation is 2. The lowest BCUT2D eigenvalue weighted by Gasteiger charge is -2.31. The van der Waals surface area contributed by atoms with E-state index in [9.17, 15) is 8.42 Å².